The van der Waals surface area contributed by atoms with E-state index in [-0.39, 0.29) is 24.1 Å². The van der Waals surface area contributed by atoms with E-state index in [1.807, 2.05) is 20.8 Å². The second kappa shape index (κ2) is 11.3. The van der Waals surface area contributed by atoms with Gasteiger partial charge in [-0.15, -0.1) is 0 Å². The maximum Gasteiger partial charge on any atom is 0.320 e. The minimum atomic E-state index is -1.31. The van der Waals surface area contributed by atoms with Crippen molar-refractivity contribution in [3.8, 4) is 0 Å². The van der Waals surface area contributed by atoms with E-state index in [9.17, 15) is 9.00 Å². The zero-order valence-corrected chi connectivity index (χ0v) is 19.1. The van der Waals surface area contributed by atoms with Crippen LogP contribution in [0, 0.1) is 10.8 Å². The molecule has 0 radical (unpaired) electrons. The van der Waals surface area contributed by atoms with Crippen LogP contribution < -0.4 is 16.0 Å². The van der Waals surface area contributed by atoms with Gasteiger partial charge in [0, 0.05) is 35.7 Å². The van der Waals surface area contributed by atoms with E-state index in [0.29, 0.717) is 23.8 Å². The van der Waals surface area contributed by atoms with E-state index >= 15 is 0 Å². The average Bonchev–Trinajstić information content (AvgIpc) is 3.08. The molecule has 0 bridgehead atoms. The third-order valence-electron chi connectivity index (χ3n) is 4.77. The lowest BCUT2D eigenvalue weighted by molar-refractivity contribution is 0.235. The Kier molecular flexibility index (Phi) is 9.04. The summed E-state index contributed by atoms with van der Waals surface area (Å²) >= 11 is -1.31. The molecule has 0 aliphatic heterocycles. The minimum Gasteiger partial charge on any atom is -0.339 e. The Morgan fingerprint density at radius 3 is 2.70 bits per heavy atom. The third-order valence-corrected chi connectivity index (χ3v) is 5.27. The summed E-state index contributed by atoms with van der Waals surface area (Å²) in [5.74, 6) is 0.411. The summed E-state index contributed by atoms with van der Waals surface area (Å²) in [6.45, 7) is 6.57. The summed E-state index contributed by atoms with van der Waals surface area (Å²) in [5, 5.41) is 21.5. The summed E-state index contributed by atoms with van der Waals surface area (Å²) in [5.41, 5.74) is 0.693. The fourth-order valence-corrected chi connectivity index (χ4v) is 3.32. The lowest BCUT2D eigenvalue weighted by Gasteiger charge is -2.24. The van der Waals surface area contributed by atoms with Gasteiger partial charge in [0.1, 0.15) is 5.82 Å². The quantitative estimate of drug-likeness (QED) is 0.441. The molecule has 1 fully saturated rings. The van der Waals surface area contributed by atoms with Gasteiger partial charge in [0.05, 0.1) is 25.0 Å². The largest absolute Gasteiger partial charge is 0.339 e. The highest BCUT2D eigenvalue weighted by Crippen LogP contribution is 2.18. The Morgan fingerprint density at radius 2 is 2.07 bits per heavy atom. The predicted octanol–water partition coefficient (Wildman–Crippen LogP) is 3.14. The van der Waals surface area contributed by atoms with Gasteiger partial charge in [-0.3, -0.25) is 14.2 Å². The van der Waals surface area contributed by atoms with Crippen LogP contribution in [-0.4, -0.2) is 44.6 Å². The Balaban J connectivity index is 2.03. The van der Waals surface area contributed by atoms with Gasteiger partial charge in [0.2, 0.25) is 0 Å². The first-order valence-corrected chi connectivity index (χ1v) is 11.8. The lowest BCUT2D eigenvalue weighted by atomic mass is 9.90. The molecule has 9 nitrogen and oxygen atoms in total. The Morgan fingerprint density at radius 1 is 1.37 bits per heavy atom. The van der Waals surface area contributed by atoms with Gasteiger partial charge in [-0.25, -0.2) is 9.00 Å². The fraction of sp³-hybridized carbons (Fsp3) is 0.650. The first-order chi connectivity index (χ1) is 14.1. The van der Waals surface area contributed by atoms with Crippen molar-refractivity contribution in [3.63, 3.8) is 0 Å². The number of nitrogens with one attached hydrogen (secondary N) is 4. The van der Waals surface area contributed by atoms with Crippen molar-refractivity contribution < 1.29 is 13.2 Å². The lowest BCUT2D eigenvalue weighted by Crippen LogP contribution is -2.43. The minimum absolute atomic E-state index is 0.189. The number of allylic oxidation sites excluding steroid dienone is 1. The van der Waals surface area contributed by atoms with Crippen LogP contribution >= 0.6 is 0 Å². The highest BCUT2D eigenvalue weighted by atomic mass is 32.2. The molecule has 2 rings (SSSR count). The molecular weight excluding hydrogens is 404 g/mol. The topological polar surface area (TPSA) is 121 Å². The molecule has 10 heteroatoms. The van der Waals surface area contributed by atoms with E-state index < -0.39 is 11.1 Å². The second-order valence-corrected chi connectivity index (χ2v) is 9.53. The van der Waals surface area contributed by atoms with Crippen LogP contribution in [0.15, 0.2) is 24.3 Å². The smallest absolute Gasteiger partial charge is 0.320 e. The van der Waals surface area contributed by atoms with Crippen molar-refractivity contribution in [1.82, 2.24) is 20.4 Å². The number of hydrogen-bond donors (Lipinski definition) is 4. The zero-order valence-electron chi connectivity index (χ0n) is 18.3. The number of rotatable bonds is 9. The van der Waals surface area contributed by atoms with Crippen LogP contribution in [0.2, 0.25) is 0 Å². The summed E-state index contributed by atoms with van der Waals surface area (Å²) in [7, 11) is 0. The number of aromatic nitrogens is 2. The van der Waals surface area contributed by atoms with Crippen LogP contribution in [0.3, 0.4) is 0 Å². The Bertz CT molecular complexity index is 778. The van der Waals surface area contributed by atoms with Crippen molar-refractivity contribution in [2.24, 2.45) is 5.41 Å². The van der Waals surface area contributed by atoms with E-state index in [0.717, 1.165) is 25.7 Å². The number of urea groups is 1. The maximum atomic E-state index is 12.5. The summed E-state index contributed by atoms with van der Waals surface area (Å²) in [6, 6.07) is -0.0949. The molecule has 1 aromatic heterocycles. The molecule has 1 aromatic rings. The van der Waals surface area contributed by atoms with Crippen molar-refractivity contribution in [2.45, 2.75) is 65.5 Å². The van der Waals surface area contributed by atoms with Gasteiger partial charge in [0.15, 0.2) is 11.1 Å². The fourth-order valence-electron chi connectivity index (χ4n) is 3.01. The molecular formula is C20H34N6O3S. The Labute approximate surface area is 181 Å². The zero-order chi connectivity index (χ0) is 22.1. The number of anilines is 1. The summed E-state index contributed by atoms with van der Waals surface area (Å²) in [6.07, 6.45) is 12.0. The summed E-state index contributed by atoms with van der Waals surface area (Å²) < 4.78 is 17.7. The van der Waals surface area contributed by atoms with Gasteiger partial charge < -0.3 is 16.0 Å². The molecule has 1 atom stereocenters. The predicted molar refractivity (Wildman–Crippen MR) is 120 cm³/mol. The van der Waals surface area contributed by atoms with Crippen LogP contribution in [0.25, 0.3) is 0 Å². The van der Waals surface area contributed by atoms with E-state index in [2.05, 4.69) is 21.0 Å². The number of amides is 2. The van der Waals surface area contributed by atoms with Crippen LogP contribution in [-0.2, 0) is 21.8 Å². The second-order valence-electron chi connectivity index (χ2n) is 8.50. The highest BCUT2D eigenvalue weighted by Gasteiger charge is 2.19. The van der Waals surface area contributed by atoms with E-state index in [1.165, 1.54) is 12.7 Å². The molecule has 1 aliphatic rings. The average molecular weight is 439 g/mol. The SMILES string of the molecule is CS(=O)OCCn1cc(N/C(=C\C(=N)C(C)(C)C)NC(=O)NC2CCCCC2)cn1. The standard InChI is InChI=1S/C20H34N6O3S/c1-20(2,3)17(21)12-18(25-19(27)24-15-8-6-5-7-9-15)23-16-13-22-26(14-16)10-11-29-30(4)28/h12-15,21,23H,5-11H2,1-4H3,(H2,24,25,27)/b18-12+,21-17?. The third kappa shape index (κ3) is 8.66. The van der Waals surface area contributed by atoms with Crippen molar-refractivity contribution in [1.29, 1.82) is 5.41 Å². The molecule has 1 aliphatic carbocycles. The monoisotopic (exact) mass is 438 g/mol. The van der Waals surface area contributed by atoms with Crippen molar-refractivity contribution in [3.05, 3.63) is 24.3 Å². The van der Waals surface area contributed by atoms with Crippen molar-refractivity contribution in [2.75, 3.05) is 18.2 Å². The number of nitrogens with zero attached hydrogens (tertiary/aromatic N) is 2. The molecule has 30 heavy (non-hydrogen) atoms. The van der Waals surface area contributed by atoms with Crippen LogP contribution in [0.5, 0.6) is 0 Å². The molecule has 168 valence electrons. The first-order valence-electron chi connectivity index (χ1n) is 10.3. The molecule has 1 unspecified atom stereocenters. The molecule has 0 spiro atoms. The number of carbonyl (C=O) groups is 1. The highest BCUT2D eigenvalue weighted by molar-refractivity contribution is 7.79. The van der Waals surface area contributed by atoms with Gasteiger partial charge in [-0.1, -0.05) is 40.0 Å². The molecule has 2 amide bonds. The summed E-state index contributed by atoms with van der Waals surface area (Å²) in [4.78, 5) is 12.5. The van der Waals surface area contributed by atoms with Gasteiger partial charge >= 0.3 is 6.03 Å². The molecule has 1 heterocycles. The molecule has 0 saturated heterocycles. The first kappa shape index (κ1) is 24.1. The number of carbonyl (C=O) groups excluding carboxylic acids is 1. The van der Waals surface area contributed by atoms with Crippen LogP contribution in [0.1, 0.15) is 52.9 Å². The van der Waals surface area contributed by atoms with Gasteiger partial charge in [-0.05, 0) is 12.8 Å². The molecule has 0 aromatic carbocycles. The normalized spacial score (nSPS) is 16.7. The van der Waals surface area contributed by atoms with Gasteiger partial charge in [0.25, 0.3) is 0 Å². The van der Waals surface area contributed by atoms with E-state index in [1.54, 1.807) is 23.2 Å². The van der Waals surface area contributed by atoms with E-state index in [4.69, 9.17) is 9.59 Å². The Hall–Kier alpha value is -2.20. The number of hydrogen-bond acceptors (Lipinski definition) is 6. The van der Waals surface area contributed by atoms with Crippen LogP contribution in [0.4, 0.5) is 10.5 Å². The van der Waals surface area contributed by atoms with Gasteiger partial charge in [-0.2, -0.15) is 5.10 Å². The molecule has 4 N–H and O–H groups in total. The maximum absolute atomic E-state index is 12.5. The van der Waals surface area contributed by atoms with Crippen molar-refractivity contribution >= 4 is 28.5 Å². The molecule has 1 saturated carbocycles.